The Kier molecular flexibility index (Phi) is 14.8. The average molecular weight is 1100 g/mol. The van der Waals surface area contributed by atoms with E-state index >= 15 is 0 Å². The molecule has 0 spiro atoms. The summed E-state index contributed by atoms with van der Waals surface area (Å²) in [6.45, 7) is 42.8. The quantitative estimate of drug-likeness (QED) is 0.117. The molecule has 0 aliphatic carbocycles. The van der Waals surface area contributed by atoms with Gasteiger partial charge in [0.15, 0.2) is 16.6 Å². The van der Waals surface area contributed by atoms with Gasteiger partial charge in [0.25, 0.3) is 0 Å². The van der Waals surface area contributed by atoms with Crippen LogP contribution in [0.1, 0.15) is 126 Å². The summed E-state index contributed by atoms with van der Waals surface area (Å²) in [6, 6.07) is 25.4. The van der Waals surface area contributed by atoms with Crippen LogP contribution in [0.3, 0.4) is 0 Å². The van der Waals surface area contributed by atoms with Gasteiger partial charge in [0, 0.05) is 61.6 Å². The second-order valence-electron chi connectivity index (χ2n) is 26.7. The molecule has 0 unspecified atom stereocenters. The fourth-order valence-corrected chi connectivity index (χ4v) is 10.5. The van der Waals surface area contributed by atoms with Gasteiger partial charge in [0.1, 0.15) is 0 Å². The zero-order valence-electron chi connectivity index (χ0n) is 48.6. The topological polar surface area (TPSA) is 124 Å². The van der Waals surface area contributed by atoms with Gasteiger partial charge >= 0.3 is 16.8 Å². The predicted octanol–water partition coefficient (Wildman–Crippen LogP) is 15.3. The van der Waals surface area contributed by atoms with E-state index < -0.39 is 16.6 Å². The van der Waals surface area contributed by atoms with E-state index in [9.17, 15) is 0 Å². The van der Waals surface area contributed by atoms with Gasteiger partial charge < -0.3 is 38.8 Å². The maximum absolute atomic E-state index is 6.81. The van der Waals surface area contributed by atoms with Crippen LogP contribution in [0.5, 0.6) is 0 Å². The zero-order chi connectivity index (χ0) is 55.3. The van der Waals surface area contributed by atoms with Crippen molar-refractivity contribution in [3.8, 4) is 69.7 Å². The Hall–Kier alpha value is -6.04. The second kappa shape index (κ2) is 20.0. The van der Waals surface area contributed by atoms with E-state index in [4.69, 9.17) is 55.1 Å². The van der Waals surface area contributed by atoms with E-state index in [1.165, 1.54) is 0 Å². The third-order valence-electron chi connectivity index (χ3n) is 16.0. The van der Waals surface area contributed by atoms with Gasteiger partial charge in [0.05, 0.1) is 36.5 Å². The Bertz CT molecular complexity index is 3810. The summed E-state index contributed by atoms with van der Waals surface area (Å²) < 4.78 is 13.5. The minimum atomic E-state index is -2.19. The van der Waals surface area contributed by atoms with Gasteiger partial charge in [0.2, 0.25) is 0 Å². The Balaban J connectivity index is 0.00000784. The van der Waals surface area contributed by atoms with Gasteiger partial charge in [-0.25, -0.2) is 9.97 Å². The Morgan fingerprint density at radius 1 is 0.455 bits per heavy atom. The molecule has 0 amide bonds. The fraction of sp³-hybridized carbons (Fsp3) is 0.406. The third-order valence-corrected chi connectivity index (χ3v) is 24.9. The maximum atomic E-state index is 6.81. The SMILES string of the molecule is C#C/C(CO[Si](C)(C)C(C)(C)C)=C(/C#Cc1ccc2c(c1)-c1nc-2nc2[n-]c(nc3nc(nc4[n-]c(n1)c1ccc(C(C)(C)C)cc41)-c1ccc(C(C)(C)C)cc1-3)c1ccc(C(C)(C)C)cc21)CO[Si](C)(C)C(C)(C)C.[Co+2]. The van der Waals surface area contributed by atoms with Crippen LogP contribution in [0.15, 0.2) is 83.9 Å². The maximum Gasteiger partial charge on any atom is 2.00 e. The Labute approximate surface area is 469 Å². The van der Waals surface area contributed by atoms with Crippen LogP contribution < -0.4 is 9.97 Å². The zero-order valence-corrected chi connectivity index (χ0v) is 51.7. The molecule has 5 heterocycles. The van der Waals surface area contributed by atoms with Crippen molar-refractivity contribution in [3.63, 3.8) is 0 Å². The summed E-state index contributed by atoms with van der Waals surface area (Å²) in [7, 11) is -4.34. The van der Waals surface area contributed by atoms with Crippen molar-refractivity contribution < 1.29 is 25.6 Å². The van der Waals surface area contributed by atoms with Gasteiger partial charge in [-0.3, -0.25) is 0 Å². The van der Waals surface area contributed by atoms with Crippen LogP contribution in [0.25, 0.3) is 89.7 Å². The minimum absolute atomic E-state index is 0. The van der Waals surface area contributed by atoms with Crippen molar-refractivity contribution in [1.29, 1.82) is 0 Å². The molecule has 1 radical (unpaired) electrons. The number of terminal acetylenes is 1. The molecule has 2 aliphatic rings. The van der Waals surface area contributed by atoms with Crippen molar-refractivity contribution in [1.82, 2.24) is 39.9 Å². The molecule has 8 bridgehead atoms. The van der Waals surface area contributed by atoms with Crippen LogP contribution in [0.2, 0.25) is 36.3 Å². The summed E-state index contributed by atoms with van der Waals surface area (Å²) >= 11 is 0. The van der Waals surface area contributed by atoms with Crippen LogP contribution >= 0.6 is 0 Å². The summed E-state index contributed by atoms with van der Waals surface area (Å²) in [4.78, 5) is 42.2. The molecule has 10 nitrogen and oxygen atoms in total. The minimum Gasteiger partial charge on any atom is -0.412 e. The van der Waals surface area contributed by atoms with E-state index in [1.807, 2.05) is 18.2 Å². The molecule has 399 valence electrons. The molecule has 0 saturated heterocycles. The fourth-order valence-electron chi connectivity index (χ4n) is 8.64. The average Bonchev–Trinajstić information content (AvgIpc) is 4.12. The molecular formula is C64H74CoN8O2Si2. The summed E-state index contributed by atoms with van der Waals surface area (Å²) in [5, 5.41) is 3.44. The van der Waals surface area contributed by atoms with Gasteiger partial charge in [-0.1, -0.05) is 164 Å². The van der Waals surface area contributed by atoms with E-state index in [1.54, 1.807) is 0 Å². The molecule has 0 atom stereocenters. The van der Waals surface area contributed by atoms with Crippen LogP contribution in [-0.4, -0.2) is 59.8 Å². The normalized spacial score (nSPS) is 13.6. The van der Waals surface area contributed by atoms with Crippen LogP contribution in [-0.2, 0) is 41.9 Å². The largest absolute Gasteiger partial charge is 2.00 e. The molecule has 2 aliphatic heterocycles. The van der Waals surface area contributed by atoms with E-state index in [2.05, 4.69) is 202 Å². The molecule has 13 heteroatoms. The second-order valence-corrected chi connectivity index (χ2v) is 36.3. The van der Waals surface area contributed by atoms with E-state index in [-0.39, 0.29) is 56.3 Å². The number of fused-ring (bicyclic) bond motifs is 20. The molecule has 0 fully saturated rings. The molecule has 77 heavy (non-hydrogen) atoms. The summed E-state index contributed by atoms with van der Waals surface area (Å²) in [6.07, 6.45) is 6.32. The molecule has 9 rings (SSSR count). The van der Waals surface area contributed by atoms with Gasteiger partial charge in [-0.2, -0.15) is 0 Å². The molecule has 0 N–H and O–H groups in total. The predicted molar refractivity (Wildman–Crippen MR) is 319 cm³/mol. The van der Waals surface area contributed by atoms with Crippen molar-refractivity contribution in [2.75, 3.05) is 13.2 Å². The third kappa shape index (κ3) is 11.3. The number of benzene rings is 4. The smallest absolute Gasteiger partial charge is 0.412 e. The standard InChI is InChI=1S/C64H74N8O2Si2.Co/c1-21-39(36-73-75(17,18)63(11,12)13)40(37-74-76(19,20)64(14,15)16)24-22-38-23-28-44-48(32-38)56-65-52(44)67-57-50-34-42(61(5,6)7)26-30-46(50)54(69-57)71-59-51-35-43(62(8,9)10)27-31-47(51)55(72-59)70-58-49-33-41(60(2,3)4)25-29-45(49)53(66-56)68-58;/h1,23,25-35H,36-37H2,2-20H3;/q-2;+2/b40-39+;. The molecule has 7 aromatic rings. The summed E-state index contributed by atoms with van der Waals surface area (Å²) in [5.74, 6) is 11.9. The summed E-state index contributed by atoms with van der Waals surface area (Å²) in [5.41, 5.74) is 10.6. The first kappa shape index (κ1) is 57.1. The number of rotatable bonds is 6. The van der Waals surface area contributed by atoms with Gasteiger partial charge in [-0.05, 0) is 121 Å². The van der Waals surface area contributed by atoms with Gasteiger partial charge in [-0.15, -0.1) is 6.42 Å². The molecule has 4 aromatic carbocycles. The monoisotopic (exact) mass is 1100 g/mol. The van der Waals surface area contributed by atoms with E-state index in [0.29, 0.717) is 51.5 Å². The van der Waals surface area contributed by atoms with Crippen LogP contribution in [0.4, 0.5) is 0 Å². The molecule has 0 saturated carbocycles. The van der Waals surface area contributed by atoms with Crippen molar-refractivity contribution >= 4 is 60.8 Å². The first-order chi connectivity index (χ1) is 35.2. The first-order valence-corrected chi connectivity index (χ1v) is 32.3. The number of aromatic nitrogens is 8. The number of hydrogen-bond acceptors (Lipinski definition) is 8. The molecule has 3 aromatic heterocycles. The molecular weight excluding hydrogens is 1030 g/mol. The van der Waals surface area contributed by atoms with E-state index in [0.717, 1.165) is 71.6 Å². The number of nitrogens with zero attached hydrogens (tertiary/aromatic N) is 8. The number of hydrogen-bond donors (Lipinski definition) is 0. The van der Waals surface area contributed by atoms with Crippen molar-refractivity contribution in [2.24, 2.45) is 0 Å². The van der Waals surface area contributed by atoms with Crippen molar-refractivity contribution in [3.05, 3.63) is 106 Å². The van der Waals surface area contributed by atoms with Crippen LogP contribution in [0, 0.1) is 24.2 Å². The Morgan fingerprint density at radius 3 is 1.23 bits per heavy atom. The van der Waals surface area contributed by atoms with Crippen molar-refractivity contribution in [2.45, 2.75) is 156 Å². The first-order valence-electron chi connectivity index (χ1n) is 26.5. The Morgan fingerprint density at radius 2 is 0.818 bits per heavy atom.